The van der Waals surface area contributed by atoms with Gasteiger partial charge in [0.05, 0.1) is 23.6 Å². The third-order valence-electron chi connectivity index (χ3n) is 5.41. The van der Waals surface area contributed by atoms with E-state index < -0.39 is 23.7 Å². The molecule has 0 aromatic heterocycles. The van der Waals surface area contributed by atoms with Crippen LogP contribution < -0.4 is 16.8 Å². The van der Waals surface area contributed by atoms with Crippen LogP contribution in [0.2, 0.25) is 0 Å². The van der Waals surface area contributed by atoms with Crippen molar-refractivity contribution >= 4 is 17.5 Å². The Morgan fingerprint density at radius 2 is 2.03 bits per heavy atom. The lowest BCUT2D eigenvalue weighted by Crippen LogP contribution is -2.54. The average Bonchev–Trinajstić information content (AvgIpc) is 2.76. The van der Waals surface area contributed by atoms with Gasteiger partial charge in [0.2, 0.25) is 5.91 Å². The number of nitriles is 1. The van der Waals surface area contributed by atoms with Crippen molar-refractivity contribution in [3.63, 3.8) is 0 Å². The molecule has 2 aromatic carbocycles. The second kappa shape index (κ2) is 9.62. The fourth-order valence-corrected chi connectivity index (χ4v) is 4.12. The maximum absolute atomic E-state index is 13.9. The minimum Gasteiger partial charge on any atom is -0.405 e. The lowest BCUT2D eigenvalue weighted by Gasteiger charge is -2.43. The molecule has 3 rings (SSSR count). The summed E-state index contributed by atoms with van der Waals surface area (Å²) >= 11 is 0. The summed E-state index contributed by atoms with van der Waals surface area (Å²) in [6, 6.07) is 11.7. The zero-order valence-electron chi connectivity index (χ0n) is 18.0. The monoisotopic (exact) mass is 435 g/mol. The SMILES string of the molecule is CC(C)CN1C(=O)c2ccccc2[C@H](C(=O)Nc2cc(F)cc(C#N)c2)[C@H]1/C(=C/N)CN. The molecule has 32 heavy (non-hydrogen) atoms. The van der Waals surface area contributed by atoms with E-state index in [0.717, 1.165) is 12.1 Å². The van der Waals surface area contributed by atoms with Crippen molar-refractivity contribution < 1.29 is 14.0 Å². The van der Waals surface area contributed by atoms with Crippen LogP contribution in [0.1, 0.15) is 41.3 Å². The molecule has 5 N–H and O–H groups in total. The minimum atomic E-state index is -0.824. The largest absolute Gasteiger partial charge is 0.405 e. The molecule has 0 aliphatic carbocycles. The lowest BCUT2D eigenvalue weighted by molar-refractivity contribution is -0.118. The van der Waals surface area contributed by atoms with E-state index in [4.69, 9.17) is 16.7 Å². The summed E-state index contributed by atoms with van der Waals surface area (Å²) in [5.74, 6) is -1.98. The Labute approximate surface area is 186 Å². The van der Waals surface area contributed by atoms with Gasteiger partial charge in [-0.05, 0) is 47.5 Å². The first-order chi connectivity index (χ1) is 15.3. The molecule has 0 spiro atoms. The highest BCUT2D eigenvalue weighted by molar-refractivity contribution is 6.04. The van der Waals surface area contributed by atoms with E-state index in [0.29, 0.717) is 23.2 Å². The minimum absolute atomic E-state index is 0.0630. The quantitative estimate of drug-likeness (QED) is 0.643. The van der Waals surface area contributed by atoms with E-state index in [1.807, 2.05) is 19.9 Å². The Kier molecular flexibility index (Phi) is 6.91. The van der Waals surface area contributed by atoms with Gasteiger partial charge in [-0.1, -0.05) is 32.0 Å². The van der Waals surface area contributed by atoms with Crippen molar-refractivity contribution in [2.24, 2.45) is 17.4 Å². The molecule has 2 aromatic rings. The number of amides is 2. The zero-order chi connectivity index (χ0) is 23.4. The molecule has 1 heterocycles. The van der Waals surface area contributed by atoms with Crippen LogP contribution in [0.15, 0.2) is 54.2 Å². The predicted molar refractivity (Wildman–Crippen MR) is 120 cm³/mol. The molecule has 0 saturated heterocycles. The Morgan fingerprint density at radius 3 is 2.66 bits per heavy atom. The first kappa shape index (κ1) is 23.0. The van der Waals surface area contributed by atoms with Crippen molar-refractivity contribution in [2.75, 3.05) is 18.4 Å². The molecule has 7 nitrogen and oxygen atoms in total. The summed E-state index contributed by atoms with van der Waals surface area (Å²) in [4.78, 5) is 28.5. The molecule has 0 fully saturated rings. The van der Waals surface area contributed by atoms with Gasteiger partial charge in [0.15, 0.2) is 0 Å². The first-order valence-electron chi connectivity index (χ1n) is 10.3. The van der Waals surface area contributed by atoms with Gasteiger partial charge >= 0.3 is 0 Å². The summed E-state index contributed by atoms with van der Waals surface area (Å²) in [7, 11) is 0. The Balaban J connectivity index is 2.13. The first-order valence-corrected chi connectivity index (χ1v) is 10.3. The second-order valence-electron chi connectivity index (χ2n) is 8.14. The fourth-order valence-electron chi connectivity index (χ4n) is 4.12. The van der Waals surface area contributed by atoms with Crippen LogP contribution in [0.3, 0.4) is 0 Å². The average molecular weight is 436 g/mol. The van der Waals surface area contributed by atoms with Gasteiger partial charge in [-0.2, -0.15) is 5.26 Å². The number of carbonyl (C=O) groups is 2. The van der Waals surface area contributed by atoms with Gasteiger partial charge in [-0.25, -0.2) is 4.39 Å². The van der Waals surface area contributed by atoms with Crippen molar-refractivity contribution in [2.45, 2.75) is 25.8 Å². The highest BCUT2D eigenvalue weighted by Crippen LogP contribution is 2.38. The number of benzene rings is 2. The van der Waals surface area contributed by atoms with Gasteiger partial charge in [0, 0.05) is 24.3 Å². The second-order valence-corrected chi connectivity index (χ2v) is 8.14. The molecule has 8 heteroatoms. The number of anilines is 1. The molecule has 1 aliphatic heterocycles. The number of hydrogen-bond acceptors (Lipinski definition) is 5. The van der Waals surface area contributed by atoms with E-state index >= 15 is 0 Å². The highest BCUT2D eigenvalue weighted by atomic mass is 19.1. The van der Waals surface area contributed by atoms with E-state index in [-0.39, 0.29) is 29.6 Å². The van der Waals surface area contributed by atoms with Crippen LogP contribution in [0, 0.1) is 23.1 Å². The third-order valence-corrected chi connectivity index (χ3v) is 5.41. The van der Waals surface area contributed by atoms with Crippen molar-refractivity contribution in [1.82, 2.24) is 4.90 Å². The number of halogens is 1. The van der Waals surface area contributed by atoms with E-state index in [1.54, 1.807) is 29.2 Å². The van der Waals surface area contributed by atoms with Crippen LogP contribution in [0.5, 0.6) is 0 Å². The number of nitrogens with two attached hydrogens (primary N) is 2. The zero-order valence-corrected chi connectivity index (χ0v) is 18.0. The lowest BCUT2D eigenvalue weighted by atomic mass is 9.78. The third kappa shape index (κ3) is 4.48. The van der Waals surface area contributed by atoms with E-state index in [1.165, 1.54) is 12.3 Å². The summed E-state index contributed by atoms with van der Waals surface area (Å²) in [6.07, 6.45) is 1.34. The molecule has 0 unspecified atom stereocenters. The van der Waals surface area contributed by atoms with Gasteiger partial charge < -0.3 is 21.7 Å². The number of nitrogens with zero attached hydrogens (tertiary/aromatic N) is 2. The van der Waals surface area contributed by atoms with Crippen LogP contribution in [-0.2, 0) is 4.79 Å². The Bertz CT molecular complexity index is 1110. The van der Waals surface area contributed by atoms with Gasteiger partial charge in [-0.15, -0.1) is 0 Å². The summed E-state index contributed by atoms with van der Waals surface area (Å²) in [5, 5.41) is 11.8. The van der Waals surface area contributed by atoms with Gasteiger partial charge in [0.1, 0.15) is 5.82 Å². The molecular weight excluding hydrogens is 409 g/mol. The normalized spacial score (nSPS) is 18.3. The van der Waals surface area contributed by atoms with Crippen molar-refractivity contribution in [3.05, 3.63) is 76.7 Å². The molecule has 166 valence electrons. The van der Waals surface area contributed by atoms with Crippen LogP contribution in [0.4, 0.5) is 10.1 Å². The van der Waals surface area contributed by atoms with Crippen molar-refractivity contribution in [3.8, 4) is 6.07 Å². The molecule has 1 aliphatic rings. The molecular formula is C24H26FN5O2. The topological polar surface area (TPSA) is 125 Å². The maximum Gasteiger partial charge on any atom is 0.254 e. The van der Waals surface area contributed by atoms with Gasteiger partial charge in [-0.3, -0.25) is 9.59 Å². The standard InChI is InChI=1S/C24H26FN5O2/c1-14(2)13-30-22(16(11-27)12-28)21(19-5-3-4-6-20(19)24(30)32)23(31)29-18-8-15(10-26)7-17(25)9-18/h3-9,11,14,21-22H,12-13,27-28H2,1-2H3,(H,29,31)/b16-11+/t21-,22+/m0/s1. The summed E-state index contributed by atoms with van der Waals surface area (Å²) in [5.41, 5.74) is 13.5. The number of rotatable bonds is 6. The predicted octanol–water partition coefficient (Wildman–Crippen LogP) is 2.70. The molecule has 0 saturated carbocycles. The Morgan fingerprint density at radius 1 is 1.31 bits per heavy atom. The molecule has 0 radical (unpaired) electrons. The fraction of sp³-hybridized carbons (Fsp3) is 0.292. The number of fused-ring (bicyclic) bond motifs is 1. The summed E-state index contributed by atoms with van der Waals surface area (Å²) in [6.45, 7) is 4.42. The summed E-state index contributed by atoms with van der Waals surface area (Å²) < 4.78 is 13.9. The van der Waals surface area contributed by atoms with Crippen LogP contribution in [-0.4, -0.2) is 35.8 Å². The maximum atomic E-state index is 13.9. The van der Waals surface area contributed by atoms with E-state index in [9.17, 15) is 14.0 Å². The number of hydrogen-bond donors (Lipinski definition) is 3. The van der Waals surface area contributed by atoms with Crippen LogP contribution in [0.25, 0.3) is 0 Å². The molecule has 2 atom stereocenters. The number of nitrogens with one attached hydrogen (secondary N) is 1. The number of carbonyl (C=O) groups excluding carboxylic acids is 2. The molecule has 0 bridgehead atoms. The Hall–Kier alpha value is -3.70. The smallest absolute Gasteiger partial charge is 0.254 e. The van der Waals surface area contributed by atoms with Gasteiger partial charge in [0.25, 0.3) is 5.91 Å². The highest BCUT2D eigenvalue weighted by Gasteiger charge is 2.44. The van der Waals surface area contributed by atoms with Crippen molar-refractivity contribution in [1.29, 1.82) is 5.26 Å². The van der Waals surface area contributed by atoms with Crippen LogP contribution >= 0.6 is 0 Å². The van der Waals surface area contributed by atoms with E-state index in [2.05, 4.69) is 5.32 Å². The molecule has 2 amide bonds.